The molecule has 0 aliphatic carbocycles. The first-order valence-electron chi connectivity index (χ1n) is 6.66. The van der Waals surface area contributed by atoms with E-state index in [0.29, 0.717) is 11.5 Å². The Bertz CT molecular complexity index is 631. The van der Waals surface area contributed by atoms with Crippen molar-refractivity contribution in [2.75, 3.05) is 13.7 Å². The number of hydrogen-bond acceptors (Lipinski definition) is 8. The number of nitrogens with zero attached hydrogens (tertiary/aromatic N) is 4. The highest BCUT2D eigenvalue weighted by Crippen LogP contribution is 2.47. The Balaban J connectivity index is 2.01. The Morgan fingerprint density at radius 1 is 1.50 bits per heavy atom. The number of β-lactam (4-membered cyclic amide) rings is 1. The minimum Gasteiger partial charge on any atom is -0.461 e. The first-order valence-corrected chi connectivity index (χ1v) is 7.60. The van der Waals surface area contributed by atoms with E-state index in [1.807, 2.05) is 6.92 Å². The van der Waals surface area contributed by atoms with Crippen molar-refractivity contribution in [2.24, 2.45) is 0 Å². The largest absolute Gasteiger partial charge is 0.461 e. The standard InChI is InChI=1S/C12H15N5O4S/c1-5-7(4-21-6(2)18)8(10-13-15-16-14-10)17-11(19)9(20-3)12(17)22-5/h5,9,12H,4H2,1-3H3,(H,13,14,15,16)/t5?,9-,12-/m0/s1. The van der Waals surface area contributed by atoms with Crippen molar-refractivity contribution in [3.05, 3.63) is 11.4 Å². The molecular weight excluding hydrogens is 310 g/mol. The number of rotatable bonds is 4. The van der Waals surface area contributed by atoms with Crippen LogP contribution >= 0.6 is 11.8 Å². The van der Waals surface area contributed by atoms with Crippen LogP contribution in [0.4, 0.5) is 0 Å². The van der Waals surface area contributed by atoms with Crippen molar-refractivity contribution in [1.29, 1.82) is 0 Å². The number of esters is 1. The van der Waals surface area contributed by atoms with Gasteiger partial charge >= 0.3 is 5.97 Å². The molecule has 0 spiro atoms. The lowest BCUT2D eigenvalue weighted by Gasteiger charge is -2.50. The molecule has 22 heavy (non-hydrogen) atoms. The summed E-state index contributed by atoms with van der Waals surface area (Å²) in [7, 11) is 1.51. The van der Waals surface area contributed by atoms with Gasteiger partial charge in [0.1, 0.15) is 12.0 Å². The van der Waals surface area contributed by atoms with Gasteiger partial charge in [0.05, 0.1) is 5.70 Å². The first-order chi connectivity index (χ1) is 10.5. The molecule has 2 aliphatic rings. The molecule has 1 unspecified atom stereocenters. The third-order valence-corrected chi connectivity index (χ3v) is 5.06. The van der Waals surface area contributed by atoms with E-state index in [1.54, 1.807) is 16.7 Å². The molecule has 10 heteroatoms. The lowest BCUT2D eigenvalue weighted by molar-refractivity contribution is -0.155. The molecule has 1 aromatic heterocycles. The van der Waals surface area contributed by atoms with Crippen molar-refractivity contribution < 1.29 is 19.1 Å². The van der Waals surface area contributed by atoms with E-state index < -0.39 is 6.10 Å². The summed E-state index contributed by atoms with van der Waals surface area (Å²) < 4.78 is 10.3. The molecule has 3 atom stereocenters. The van der Waals surface area contributed by atoms with Crippen molar-refractivity contribution in [3.8, 4) is 0 Å². The summed E-state index contributed by atoms with van der Waals surface area (Å²) in [5.74, 6) is -0.160. The van der Waals surface area contributed by atoms with E-state index in [2.05, 4.69) is 20.6 Å². The highest BCUT2D eigenvalue weighted by Gasteiger charge is 2.54. The quantitative estimate of drug-likeness (QED) is 0.598. The van der Waals surface area contributed by atoms with Crippen LogP contribution in [-0.4, -0.2) is 67.8 Å². The number of aromatic amines is 1. The van der Waals surface area contributed by atoms with Gasteiger partial charge in [-0.25, -0.2) is 5.10 Å². The zero-order valence-electron chi connectivity index (χ0n) is 12.3. The van der Waals surface area contributed by atoms with Gasteiger partial charge in [-0.05, 0) is 17.4 Å². The average molecular weight is 325 g/mol. The summed E-state index contributed by atoms with van der Waals surface area (Å²) in [5, 5.41) is 13.6. The maximum absolute atomic E-state index is 12.3. The Labute approximate surface area is 130 Å². The molecule has 1 saturated heterocycles. The molecule has 118 valence electrons. The van der Waals surface area contributed by atoms with E-state index in [9.17, 15) is 9.59 Å². The Hall–Kier alpha value is -1.94. The monoisotopic (exact) mass is 325 g/mol. The number of H-pyrrole nitrogens is 1. The van der Waals surface area contributed by atoms with E-state index >= 15 is 0 Å². The molecule has 1 N–H and O–H groups in total. The Kier molecular flexibility index (Phi) is 3.87. The number of carbonyl (C=O) groups is 2. The van der Waals surface area contributed by atoms with Crippen LogP contribution < -0.4 is 0 Å². The van der Waals surface area contributed by atoms with Gasteiger partial charge in [0.15, 0.2) is 11.9 Å². The third-order valence-electron chi connectivity index (χ3n) is 3.63. The van der Waals surface area contributed by atoms with Crippen LogP contribution in [0.5, 0.6) is 0 Å². The van der Waals surface area contributed by atoms with E-state index in [4.69, 9.17) is 9.47 Å². The number of carbonyl (C=O) groups excluding carboxylic acids is 2. The van der Waals surface area contributed by atoms with Gasteiger partial charge in [0.2, 0.25) is 0 Å². The summed E-state index contributed by atoms with van der Waals surface area (Å²) in [5.41, 5.74) is 1.36. The average Bonchev–Trinajstić information content (AvgIpc) is 2.99. The number of aromatic nitrogens is 4. The fourth-order valence-electron chi connectivity index (χ4n) is 2.55. The number of amides is 1. The summed E-state index contributed by atoms with van der Waals surface area (Å²) in [6.07, 6.45) is -0.478. The zero-order chi connectivity index (χ0) is 15.9. The van der Waals surface area contributed by atoms with Gasteiger partial charge in [-0.15, -0.1) is 16.9 Å². The van der Waals surface area contributed by atoms with Crippen LogP contribution in [0.1, 0.15) is 19.7 Å². The lowest BCUT2D eigenvalue weighted by Crippen LogP contribution is -2.65. The van der Waals surface area contributed by atoms with Gasteiger partial charge in [-0.2, -0.15) is 0 Å². The molecule has 0 bridgehead atoms. The number of thioether (sulfide) groups is 1. The van der Waals surface area contributed by atoms with E-state index in [1.165, 1.54) is 14.0 Å². The van der Waals surface area contributed by atoms with Crippen LogP contribution in [0, 0.1) is 0 Å². The van der Waals surface area contributed by atoms with E-state index in [-0.39, 0.29) is 29.1 Å². The molecule has 1 amide bonds. The zero-order valence-corrected chi connectivity index (χ0v) is 13.1. The molecule has 3 rings (SSSR count). The normalized spacial score (nSPS) is 27.5. The summed E-state index contributed by atoms with van der Waals surface area (Å²) in [6, 6.07) is 0. The second-order valence-corrected chi connectivity index (χ2v) is 6.40. The first kappa shape index (κ1) is 15.0. The number of ether oxygens (including phenoxy) is 2. The fourth-order valence-corrected chi connectivity index (χ4v) is 4.02. The molecule has 0 radical (unpaired) electrons. The second-order valence-electron chi connectivity index (χ2n) is 4.94. The molecule has 2 aliphatic heterocycles. The molecule has 1 aromatic rings. The predicted molar refractivity (Wildman–Crippen MR) is 76.2 cm³/mol. The lowest BCUT2D eigenvalue weighted by atomic mass is 10.0. The van der Waals surface area contributed by atoms with Gasteiger partial charge < -0.3 is 9.47 Å². The van der Waals surface area contributed by atoms with Crippen molar-refractivity contribution in [1.82, 2.24) is 25.5 Å². The summed E-state index contributed by atoms with van der Waals surface area (Å²) >= 11 is 1.58. The van der Waals surface area contributed by atoms with Gasteiger partial charge in [-0.3, -0.25) is 14.5 Å². The minimum absolute atomic E-state index is 0.0337. The number of nitrogens with one attached hydrogen (secondary N) is 1. The Morgan fingerprint density at radius 2 is 2.27 bits per heavy atom. The molecule has 3 heterocycles. The molecule has 1 fully saturated rings. The van der Waals surface area contributed by atoms with Gasteiger partial charge in [0, 0.05) is 24.9 Å². The number of hydrogen-bond donors (Lipinski definition) is 1. The maximum atomic E-state index is 12.3. The van der Waals surface area contributed by atoms with Crippen LogP contribution in [0.3, 0.4) is 0 Å². The smallest absolute Gasteiger partial charge is 0.302 e. The molecule has 0 saturated carbocycles. The summed E-state index contributed by atoms with van der Waals surface area (Å²) in [4.78, 5) is 25.0. The van der Waals surface area contributed by atoms with Gasteiger partial charge in [-0.1, -0.05) is 0 Å². The highest BCUT2D eigenvalue weighted by atomic mass is 32.2. The van der Waals surface area contributed by atoms with Crippen LogP contribution in [0.25, 0.3) is 5.70 Å². The van der Waals surface area contributed by atoms with E-state index in [0.717, 1.165) is 5.57 Å². The fraction of sp³-hybridized carbons (Fsp3) is 0.583. The molecule has 9 nitrogen and oxygen atoms in total. The summed E-state index contributed by atoms with van der Waals surface area (Å²) in [6.45, 7) is 3.42. The van der Waals surface area contributed by atoms with Crippen molar-refractivity contribution in [2.45, 2.75) is 30.6 Å². The topological polar surface area (TPSA) is 110 Å². The van der Waals surface area contributed by atoms with Crippen molar-refractivity contribution in [3.63, 3.8) is 0 Å². The van der Waals surface area contributed by atoms with Crippen LogP contribution in [0.2, 0.25) is 0 Å². The van der Waals surface area contributed by atoms with Gasteiger partial charge in [0.25, 0.3) is 5.91 Å². The highest BCUT2D eigenvalue weighted by molar-refractivity contribution is 8.00. The number of fused-ring (bicyclic) bond motifs is 1. The Morgan fingerprint density at radius 3 is 2.86 bits per heavy atom. The van der Waals surface area contributed by atoms with Crippen LogP contribution in [-0.2, 0) is 19.1 Å². The second kappa shape index (κ2) is 5.69. The number of methoxy groups -OCH3 is 1. The maximum Gasteiger partial charge on any atom is 0.302 e. The third kappa shape index (κ3) is 2.28. The van der Waals surface area contributed by atoms with Crippen LogP contribution in [0.15, 0.2) is 5.57 Å². The molecule has 0 aromatic carbocycles. The predicted octanol–water partition coefficient (Wildman–Crippen LogP) is -0.207. The minimum atomic E-state index is -0.478. The molecular formula is C12H15N5O4S. The number of tetrazole rings is 1. The van der Waals surface area contributed by atoms with Crippen molar-refractivity contribution >= 4 is 29.3 Å². The SMILES string of the molecule is CO[C@H]1C(=O)N2C(c3nnn[nH]3)=C(COC(C)=O)C(C)S[C@@H]12.